The quantitative estimate of drug-likeness (QED) is 0.354. The van der Waals surface area contributed by atoms with Gasteiger partial charge < -0.3 is 35.6 Å². The predicted molar refractivity (Wildman–Crippen MR) is 142 cm³/mol. The van der Waals surface area contributed by atoms with Gasteiger partial charge in [0.2, 0.25) is 12.6 Å². The fourth-order valence-electron chi connectivity index (χ4n) is 6.58. The van der Waals surface area contributed by atoms with Crippen molar-refractivity contribution in [1.29, 1.82) is 0 Å². The molecule has 1 aliphatic heterocycles. The number of primary amides is 1. The summed E-state index contributed by atoms with van der Waals surface area (Å²) in [6, 6.07) is 7.31. The number of carbonyl (C=O) groups excluding carboxylic acids is 3. The van der Waals surface area contributed by atoms with E-state index in [0.717, 1.165) is 5.56 Å². The molecule has 10 nitrogen and oxygen atoms in total. The van der Waals surface area contributed by atoms with Crippen molar-refractivity contribution in [1.82, 2.24) is 0 Å². The first-order valence-electron chi connectivity index (χ1n) is 13.0. The topological polar surface area (TPSA) is 177 Å². The Bertz CT molecular complexity index is 1610. The number of amides is 1. The summed E-state index contributed by atoms with van der Waals surface area (Å²) < 4.78 is 11.0. The second-order valence-corrected chi connectivity index (χ2v) is 11.9. The number of hydrogen-bond donors (Lipinski definition) is 5. The minimum absolute atomic E-state index is 0.0608. The van der Waals surface area contributed by atoms with Crippen molar-refractivity contribution in [3.8, 4) is 28.4 Å². The van der Waals surface area contributed by atoms with Gasteiger partial charge in [0.1, 0.15) is 22.8 Å². The molecule has 2 aromatic rings. The van der Waals surface area contributed by atoms with Crippen molar-refractivity contribution in [2.24, 2.45) is 17.6 Å². The summed E-state index contributed by atoms with van der Waals surface area (Å²) in [5.41, 5.74) is 3.75. The predicted octanol–water partition coefficient (Wildman–Crippen LogP) is 3.12. The normalized spacial score (nSPS) is 25.5. The van der Waals surface area contributed by atoms with Gasteiger partial charge in [-0.1, -0.05) is 26.8 Å². The molecule has 40 heavy (non-hydrogen) atoms. The summed E-state index contributed by atoms with van der Waals surface area (Å²) in [4.78, 5) is 38.4. The lowest BCUT2D eigenvalue weighted by Crippen LogP contribution is -2.58. The van der Waals surface area contributed by atoms with E-state index in [2.05, 4.69) is 0 Å². The molecule has 1 amide bonds. The van der Waals surface area contributed by atoms with Crippen LogP contribution < -0.4 is 15.2 Å². The highest BCUT2D eigenvalue weighted by Gasteiger charge is 2.60. The zero-order valence-corrected chi connectivity index (χ0v) is 22.2. The van der Waals surface area contributed by atoms with Crippen LogP contribution in [0.5, 0.6) is 17.2 Å². The highest BCUT2D eigenvalue weighted by atomic mass is 16.7. The Kier molecular flexibility index (Phi) is 5.41. The first kappa shape index (κ1) is 25.9. The van der Waals surface area contributed by atoms with E-state index in [-0.39, 0.29) is 42.9 Å². The smallest absolute Gasteiger partial charge is 0.255 e. The molecule has 0 bridgehead atoms. The summed E-state index contributed by atoms with van der Waals surface area (Å²) in [7, 11) is 0. The number of aliphatic hydroxyl groups is 3. The highest BCUT2D eigenvalue weighted by molar-refractivity contribution is 6.22. The van der Waals surface area contributed by atoms with Gasteiger partial charge in [-0.3, -0.25) is 14.4 Å². The van der Waals surface area contributed by atoms with Crippen molar-refractivity contribution in [2.45, 2.75) is 51.0 Å². The Morgan fingerprint density at radius 3 is 2.42 bits per heavy atom. The van der Waals surface area contributed by atoms with Gasteiger partial charge in [0.25, 0.3) is 5.91 Å². The highest BCUT2D eigenvalue weighted by Crippen LogP contribution is 2.54. The maximum Gasteiger partial charge on any atom is 0.255 e. The minimum atomic E-state index is -2.60. The first-order chi connectivity index (χ1) is 18.7. The van der Waals surface area contributed by atoms with Crippen LogP contribution in [-0.4, -0.2) is 50.3 Å². The number of ether oxygens (including phenoxy) is 2. The molecule has 6 rings (SSSR count). The monoisotopic (exact) mass is 547 g/mol. The maximum absolute atomic E-state index is 13.9. The third-order valence-corrected chi connectivity index (χ3v) is 8.56. The van der Waals surface area contributed by atoms with Gasteiger partial charge in [-0.2, -0.15) is 0 Å². The Morgan fingerprint density at radius 1 is 1.05 bits per heavy atom. The molecular weight excluding hydrogens is 518 g/mol. The zero-order chi connectivity index (χ0) is 28.9. The average Bonchev–Trinajstić information content (AvgIpc) is 3.33. The average molecular weight is 548 g/mol. The molecule has 1 fully saturated rings. The molecule has 208 valence electrons. The van der Waals surface area contributed by atoms with E-state index in [9.17, 15) is 34.8 Å². The molecule has 2 aromatic carbocycles. The first-order valence-corrected chi connectivity index (χ1v) is 13.0. The van der Waals surface area contributed by atoms with Crippen LogP contribution in [0.3, 0.4) is 0 Å². The number of phenols is 1. The molecule has 3 unspecified atom stereocenters. The number of ketones is 2. The van der Waals surface area contributed by atoms with Gasteiger partial charge in [0.15, 0.2) is 22.9 Å². The molecule has 6 N–H and O–H groups in total. The Hall–Kier alpha value is -4.31. The summed E-state index contributed by atoms with van der Waals surface area (Å²) in [6.45, 7) is 5.80. The van der Waals surface area contributed by atoms with Crippen molar-refractivity contribution in [3.63, 3.8) is 0 Å². The Labute approximate surface area is 229 Å². The SMILES string of the molecule is CC(C)(C)c1cc(-c2ccc3c(c2)OCO3)c2c(c1O)C(O)=C1C(=O)C3(O)C(O)=C(C(N)=O)C(=O)CC3CC1C2. The van der Waals surface area contributed by atoms with E-state index in [0.29, 0.717) is 28.2 Å². The van der Waals surface area contributed by atoms with Gasteiger partial charge in [0.05, 0.1) is 5.56 Å². The molecule has 3 atom stereocenters. The number of aliphatic hydroxyl groups excluding tert-OH is 2. The number of nitrogens with two attached hydrogens (primary N) is 1. The van der Waals surface area contributed by atoms with Crippen molar-refractivity contribution in [3.05, 3.63) is 57.9 Å². The van der Waals surface area contributed by atoms with E-state index >= 15 is 0 Å². The molecule has 4 aliphatic rings. The molecule has 1 saturated carbocycles. The summed E-state index contributed by atoms with van der Waals surface area (Å²) >= 11 is 0. The lowest BCUT2D eigenvalue weighted by Gasteiger charge is -2.46. The van der Waals surface area contributed by atoms with Gasteiger partial charge in [-0.25, -0.2) is 0 Å². The lowest BCUT2D eigenvalue weighted by molar-refractivity contribution is -0.147. The number of carbonyl (C=O) groups is 3. The zero-order valence-electron chi connectivity index (χ0n) is 22.2. The summed E-state index contributed by atoms with van der Waals surface area (Å²) in [6.07, 6.45) is -0.105. The van der Waals surface area contributed by atoms with Gasteiger partial charge in [-0.15, -0.1) is 0 Å². The van der Waals surface area contributed by atoms with Crippen LogP contribution in [0.1, 0.15) is 50.3 Å². The van der Waals surface area contributed by atoms with Gasteiger partial charge in [0, 0.05) is 23.5 Å². The molecule has 0 spiro atoms. The van der Waals surface area contributed by atoms with E-state index in [1.165, 1.54) is 0 Å². The molecular formula is C30H29NO9. The molecule has 1 heterocycles. The molecule has 0 aromatic heterocycles. The van der Waals surface area contributed by atoms with E-state index in [1.807, 2.05) is 39.0 Å². The second kappa shape index (κ2) is 8.34. The van der Waals surface area contributed by atoms with Gasteiger partial charge in [-0.05, 0) is 59.1 Å². The lowest BCUT2D eigenvalue weighted by atomic mass is 9.59. The van der Waals surface area contributed by atoms with Crippen molar-refractivity contribution < 1.29 is 44.3 Å². The third-order valence-electron chi connectivity index (χ3n) is 8.56. The molecule has 3 aliphatic carbocycles. The number of rotatable bonds is 2. The number of Topliss-reactive ketones (excluding diaryl/α,β-unsaturated/α-hetero) is 2. The fourth-order valence-corrected chi connectivity index (χ4v) is 6.58. The molecule has 0 radical (unpaired) electrons. The van der Waals surface area contributed by atoms with Crippen LogP contribution in [0, 0.1) is 11.8 Å². The number of benzene rings is 2. The maximum atomic E-state index is 13.9. The summed E-state index contributed by atoms with van der Waals surface area (Å²) in [5.74, 6) is -5.35. The second-order valence-electron chi connectivity index (χ2n) is 11.9. The molecule has 10 heteroatoms. The van der Waals surface area contributed by atoms with Gasteiger partial charge >= 0.3 is 0 Å². The third kappa shape index (κ3) is 3.41. The largest absolute Gasteiger partial charge is 0.508 e. The standard InChI is InChI=1S/C30H29NO9/c1-29(2,3)17-10-15(12-4-5-19-20(8-12)40-11-39-19)16-7-13-6-14-9-18(32)23(28(31)37)27(36)30(14,38)26(35)21(13)25(34)22(16)24(17)33/h4-5,8,10,13-14,33-34,36,38H,6-7,9,11H2,1-3H3,(H2,31,37). The summed E-state index contributed by atoms with van der Waals surface area (Å²) in [5, 5.41) is 45.4. The van der Waals surface area contributed by atoms with Crippen LogP contribution in [0.25, 0.3) is 16.9 Å². The van der Waals surface area contributed by atoms with E-state index < -0.39 is 57.4 Å². The minimum Gasteiger partial charge on any atom is -0.508 e. The van der Waals surface area contributed by atoms with Crippen LogP contribution in [-0.2, 0) is 26.2 Å². The number of aromatic hydroxyl groups is 1. The Morgan fingerprint density at radius 2 is 1.75 bits per heavy atom. The van der Waals surface area contributed by atoms with Crippen LogP contribution in [0.2, 0.25) is 0 Å². The Balaban J connectivity index is 1.59. The van der Waals surface area contributed by atoms with E-state index in [4.69, 9.17) is 15.2 Å². The van der Waals surface area contributed by atoms with Crippen LogP contribution >= 0.6 is 0 Å². The van der Waals surface area contributed by atoms with Crippen LogP contribution in [0.4, 0.5) is 0 Å². The van der Waals surface area contributed by atoms with Crippen LogP contribution in [0.15, 0.2) is 41.2 Å². The van der Waals surface area contributed by atoms with Crippen molar-refractivity contribution in [2.75, 3.05) is 6.79 Å². The van der Waals surface area contributed by atoms with Crippen molar-refractivity contribution >= 4 is 23.2 Å². The number of hydrogen-bond acceptors (Lipinski definition) is 9. The fraction of sp³-hybridized carbons (Fsp3) is 0.367. The number of fused-ring (bicyclic) bond motifs is 4. The van der Waals surface area contributed by atoms with E-state index in [1.54, 1.807) is 6.07 Å². The number of phenolic OH excluding ortho intramolecular Hbond substituents is 1. The molecule has 0 saturated heterocycles.